The van der Waals surface area contributed by atoms with Crippen LogP contribution in [0.25, 0.3) is 11.1 Å². The molecule has 1 N–H and O–H groups in total. The summed E-state index contributed by atoms with van der Waals surface area (Å²) >= 11 is 0. The highest BCUT2D eigenvalue weighted by atomic mass is 16.5. The Morgan fingerprint density at radius 1 is 0.780 bits per heavy atom. The lowest BCUT2D eigenvalue weighted by Crippen LogP contribution is -2.45. The van der Waals surface area contributed by atoms with Crippen molar-refractivity contribution >= 4 is 12.0 Å². The monoisotopic (exact) mass is 664 g/mol. The zero-order valence-corrected chi connectivity index (χ0v) is 27.9. The van der Waals surface area contributed by atoms with Crippen LogP contribution in [0.2, 0.25) is 0 Å². The first-order valence-corrected chi connectivity index (χ1v) is 17.1. The highest BCUT2D eigenvalue weighted by Gasteiger charge is 2.34. The fourth-order valence-electron chi connectivity index (χ4n) is 7.07. The smallest absolute Gasteiger partial charge is 0.407 e. The lowest BCUT2D eigenvalue weighted by Gasteiger charge is -2.38. The van der Waals surface area contributed by atoms with Crippen molar-refractivity contribution in [1.29, 1.82) is 0 Å². The van der Waals surface area contributed by atoms with Crippen molar-refractivity contribution in [3.63, 3.8) is 0 Å². The van der Waals surface area contributed by atoms with Crippen molar-refractivity contribution < 1.29 is 23.8 Å². The van der Waals surface area contributed by atoms with Crippen LogP contribution in [-0.2, 0) is 29.2 Å². The van der Waals surface area contributed by atoms with Crippen LogP contribution in [0.5, 0.6) is 11.5 Å². The molecule has 0 saturated carbocycles. The summed E-state index contributed by atoms with van der Waals surface area (Å²) in [7, 11) is 0. The predicted molar refractivity (Wildman–Crippen MR) is 194 cm³/mol. The average molecular weight is 665 g/mol. The molecule has 0 fully saturated rings. The Labute approximate surface area is 293 Å². The summed E-state index contributed by atoms with van der Waals surface area (Å²) in [5, 5.41) is 2.71. The van der Waals surface area contributed by atoms with Gasteiger partial charge in [-0.15, -0.1) is 6.58 Å². The molecule has 0 spiro atoms. The van der Waals surface area contributed by atoms with Gasteiger partial charge >= 0.3 is 6.09 Å². The van der Waals surface area contributed by atoms with Crippen LogP contribution in [0, 0.1) is 0 Å². The molecule has 1 aliphatic carbocycles. The summed E-state index contributed by atoms with van der Waals surface area (Å²) in [6.45, 7) is 5.28. The van der Waals surface area contributed by atoms with Crippen LogP contribution >= 0.6 is 0 Å². The molecular weight excluding hydrogens is 624 g/mol. The molecule has 2 aliphatic rings. The molecule has 5 aromatic carbocycles. The minimum Gasteiger partial charge on any atom is -0.489 e. The van der Waals surface area contributed by atoms with E-state index in [-0.39, 0.29) is 31.0 Å². The molecule has 2 amide bonds. The fourth-order valence-corrected chi connectivity index (χ4v) is 7.07. The number of nitrogens with zero attached hydrogens (tertiary/aromatic N) is 1. The van der Waals surface area contributed by atoms with Crippen molar-refractivity contribution in [2.75, 3.05) is 19.7 Å². The van der Waals surface area contributed by atoms with Gasteiger partial charge in [0.15, 0.2) is 0 Å². The Kier molecular flexibility index (Phi) is 9.92. The van der Waals surface area contributed by atoms with Gasteiger partial charge in [-0.2, -0.15) is 0 Å². The van der Waals surface area contributed by atoms with E-state index in [4.69, 9.17) is 14.2 Å². The fraction of sp³-hybridized carbons (Fsp3) is 0.209. The molecule has 1 heterocycles. The van der Waals surface area contributed by atoms with Crippen molar-refractivity contribution in [3.8, 4) is 22.6 Å². The quantitative estimate of drug-likeness (QED) is 0.136. The van der Waals surface area contributed by atoms with Crippen LogP contribution < -0.4 is 14.8 Å². The summed E-state index contributed by atoms with van der Waals surface area (Å²) in [5.74, 6) is 1.12. The second-order valence-electron chi connectivity index (χ2n) is 12.6. The van der Waals surface area contributed by atoms with E-state index in [0.29, 0.717) is 44.1 Å². The number of rotatable bonds is 12. The second-order valence-corrected chi connectivity index (χ2v) is 12.6. The minimum atomic E-state index is -0.620. The number of hydrogen-bond acceptors (Lipinski definition) is 5. The van der Waals surface area contributed by atoms with Gasteiger partial charge in [-0.25, -0.2) is 4.79 Å². The number of fused-ring (bicyclic) bond motifs is 4. The summed E-state index contributed by atoms with van der Waals surface area (Å²) in [5.41, 5.74) is 8.70. The Hall–Kier alpha value is -5.82. The van der Waals surface area contributed by atoms with Gasteiger partial charge in [0.2, 0.25) is 5.91 Å². The Balaban J connectivity index is 1.05. The second kappa shape index (κ2) is 15.2. The summed E-state index contributed by atoms with van der Waals surface area (Å²) in [6.07, 6.45) is 2.34. The molecule has 7 nitrogen and oxygen atoms in total. The third-order valence-electron chi connectivity index (χ3n) is 9.46. The number of carbonyl (C=O) groups is 2. The van der Waals surface area contributed by atoms with E-state index in [0.717, 1.165) is 44.5 Å². The number of carbonyl (C=O) groups excluding carboxylic acids is 2. The molecular formula is C43H40N2O5. The van der Waals surface area contributed by atoms with Crippen LogP contribution in [0.15, 0.2) is 134 Å². The first kappa shape index (κ1) is 32.7. The van der Waals surface area contributed by atoms with E-state index in [1.165, 1.54) is 0 Å². The molecule has 252 valence electrons. The van der Waals surface area contributed by atoms with Crippen molar-refractivity contribution in [3.05, 3.63) is 167 Å². The standard InChI is InChI=1S/C43H40N2O5/c1-2-13-39-42-32(24-33(48-27-30-14-5-3-6-15-30)25-40(42)49-28-31-16-7-4-8-17-31)22-23-45(39)41(46)26-44-43(47)50-29-38-36-20-11-9-18-34(36)35-19-10-12-21-37(35)38/h2-12,14-21,24-25,38-39H,1,13,22-23,26-29H2,(H,44,47)/t39-/m1/s1. The van der Waals surface area contributed by atoms with Crippen molar-refractivity contribution in [2.24, 2.45) is 0 Å². The van der Waals surface area contributed by atoms with E-state index in [1.807, 2.05) is 102 Å². The van der Waals surface area contributed by atoms with E-state index in [2.05, 4.69) is 42.2 Å². The number of hydrogen-bond donors (Lipinski definition) is 1. The van der Waals surface area contributed by atoms with Gasteiger partial charge in [0.1, 0.15) is 37.9 Å². The molecule has 1 aliphatic heterocycles. The first-order chi connectivity index (χ1) is 24.6. The van der Waals surface area contributed by atoms with Gasteiger partial charge < -0.3 is 24.4 Å². The molecule has 1 atom stereocenters. The maximum atomic E-state index is 13.8. The highest BCUT2D eigenvalue weighted by Crippen LogP contribution is 2.45. The number of nitrogens with one attached hydrogen (secondary N) is 1. The third kappa shape index (κ3) is 7.13. The van der Waals surface area contributed by atoms with Crippen LogP contribution in [0.1, 0.15) is 51.8 Å². The Morgan fingerprint density at radius 2 is 1.38 bits per heavy atom. The first-order valence-electron chi connectivity index (χ1n) is 17.1. The Morgan fingerprint density at radius 3 is 2.02 bits per heavy atom. The van der Waals surface area contributed by atoms with Crippen molar-refractivity contribution in [2.45, 2.75) is 38.0 Å². The van der Waals surface area contributed by atoms with E-state index < -0.39 is 6.09 Å². The Bertz CT molecular complexity index is 1930. The van der Waals surface area contributed by atoms with E-state index in [1.54, 1.807) is 0 Å². The van der Waals surface area contributed by atoms with Gasteiger partial charge in [0.05, 0.1) is 6.04 Å². The van der Waals surface area contributed by atoms with Gasteiger partial charge in [0.25, 0.3) is 0 Å². The van der Waals surface area contributed by atoms with Gasteiger partial charge in [-0.3, -0.25) is 4.79 Å². The summed E-state index contributed by atoms with van der Waals surface area (Å²) in [4.78, 5) is 28.5. The number of alkyl carbamates (subject to hydrolysis) is 1. The minimum absolute atomic E-state index is 0.0599. The van der Waals surface area contributed by atoms with Gasteiger partial charge in [-0.1, -0.05) is 115 Å². The predicted octanol–water partition coefficient (Wildman–Crippen LogP) is 8.39. The van der Waals surface area contributed by atoms with Crippen LogP contribution in [-0.4, -0.2) is 36.6 Å². The molecule has 7 heteroatoms. The molecule has 0 radical (unpaired) electrons. The number of benzene rings is 5. The topological polar surface area (TPSA) is 77.1 Å². The zero-order valence-electron chi connectivity index (χ0n) is 27.9. The van der Waals surface area contributed by atoms with E-state index >= 15 is 0 Å². The lowest BCUT2D eigenvalue weighted by molar-refractivity contribution is -0.133. The van der Waals surface area contributed by atoms with Crippen LogP contribution in [0.4, 0.5) is 4.79 Å². The molecule has 0 bridgehead atoms. The maximum Gasteiger partial charge on any atom is 0.407 e. The van der Waals surface area contributed by atoms with Crippen LogP contribution in [0.3, 0.4) is 0 Å². The molecule has 7 rings (SSSR count). The van der Waals surface area contributed by atoms with Gasteiger partial charge in [-0.05, 0) is 57.9 Å². The maximum absolute atomic E-state index is 13.8. The molecule has 0 aromatic heterocycles. The number of amides is 2. The summed E-state index contributed by atoms with van der Waals surface area (Å²) in [6, 6.07) is 40.1. The average Bonchev–Trinajstić information content (AvgIpc) is 3.48. The molecule has 50 heavy (non-hydrogen) atoms. The highest BCUT2D eigenvalue weighted by molar-refractivity contribution is 5.83. The third-order valence-corrected chi connectivity index (χ3v) is 9.46. The largest absolute Gasteiger partial charge is 0.489 e. The van der Waals surface area contributed by atoms with Crippen molar-refractivity contribution in [1.82, 2.24) is 10.2 Å². The number of ether oxygens (including phenoxy) is 3. The normalized spacial score (nSPS) is 14.6. The zero-order chi connectivity index (χ0) is 34.3. The van der Waals surface area contributed by atoms with E-state index in [9.17, 15) is 9.59 Å². The lowest BCUT2D eigenvalue weighted by atomic mass is 9.89. The molecule has 0 unspecified atom stereocenters. The van der Waals surface area contributed by atoms with Gasteiger partial charge in [0, 0.05) is 24.1 Å². The summed E-state index contributed by atoms with van der Waals surface area (Å²) < 4.78 is 18.4. The SMILES string of the molecule is C=CC[C@@H]1c2c(cc(OCc3ccccc3)cc2OCc2ccccc2)CCN1C(=O)CNC(=O)OCC1c2ccccc2-c2ccccc21. The molecule has 0 saturated heterocycles. The molecule has 5 aromatic rings.